The molecule has 0 spiro atoms. The lowest BCUT2D eigenvalue weighted by Crippen LogP contribution is -2.41. The maximum Gasteiger partial charge on any atom is 0.339 e. The number of carboxylic acid groups (broad SMARTS) is 1. The van der Waals surface area contributed by atoms with Crippen molar-refractivity contribution in [1.29, 1.82) is 0 Å². The number of nitrogens with zero attached hydrogens (tertiary/aromatic N) is 3. The van der Waals surface area contributed by atoms with Gasteiger partial charge in [-0.1, -0.05) is 18.2 Å². The third kappa shape index (κ3) is 6.41. The quantitative estimate of drug-likeness (QED) is 0.142. The molecule has 0 saturated carbocycles. The van der Waals surface area contributed by atoms with Crippen LogP contribution < -0.4 is 42.6 Å². The second-order valence-electron chi connectivity index (χ2n) is 11.0. The molecular weight excluding hydrogens is 644 g/mol. The molecule has 5 aromatic rings. The summed E-state index contributed by atoms with van der Waals surface area (Å²) in [6.45, 7) is 1.31. The molecule has 0 radical (unpaired) electrons. The van der Waals surface area contributed by atoms with E-state index < -0.39 is 22.7 Å². The number of fused-ring (bicyclic) bond motifs is 3. The number of aromatic carboxylic acids is 1. The van der Waals surface area contributed by atoms with E-state index in [0.29, 0.717) is 30.2 Å². The number of hydrogen-bond acceptors (Lipinski definition) is 11. The van der Waals surface area contributed by atoms with E-state index in [1.165, 1.54) is 11.8 Å². The first-order valence-electron chi connectivity index (χ1n) is 14.7. The molecule has 4 heterocycles. The fourth-order valence-electron chi connectivity index (χ4n) is 5.58. The maximum absolute atomic E-state index is 12.5. The molecule has 0 aliphatic carbocycles. The summed E-state index contributed by atoms with van der Waals surface area (Å²) in [4.78, 5) is 70.7. The van der Waals surface area contributed by atoms with Gasteiger partial charge in [0.15, 0.2) is 12.3 Å². The van der Waals surface area contributed by atoms with Gasteiger partial charge in [0.05, 0.1) is 11.2 Å². The lowest BCUT2D eigenvalue weighted by molar-refractivity contribution is -0.118. The van der Waals surface area contributed by atoms with Crippen LogP contribution in [0.3, 0.4) is 0 Å². The number of carbonyl (C=O) groups is 3. The number of nitrogen functional groups attached to an aromatic ring is 1. The van der Waals surface area contributed by atoms with Gasteiger partial charge in [-0.3, -0.25) is 19.2 Å². The van der Waals surface area contributed by atoms with Crippen molar-refractivity contribution in [1.82, 2.24) is 20.3 Å². The number of carbonyl (C=O) groups excluding carboxylic acids is 2. The van der Waals surface area contributed by atoms with Crippen LogP contribution in [0, 0.1) is 0 Å². The first-order chi connectivity index (χ1) is 22.7. The summed E-state index contributed by atoms with van der Waals surface area (Å²) in [6.07, 6.45) is 5.39. The summed E-state index contributed by atoms with van der Waals surface area (Å²) in [5.41, 5.74) is 15.6. The maximum atomic E-state index is 12.5. The van der Waals surface area contributed by atoms with Gasteiger partial charge in [0.25, 0.3) is 22.7 Å². The normalized spacial score (nSPS) is 13.5. The highest BCUT2D eigenvalue weighted by Crippen LogP contribution is 2.34. The average molecular weight is 675 g/mol. The second kappa shape index (κ2) is 13.9. The van der Waals surface area contributed by atoms with Crippen LogP contribution in [0.15, 0.2) is 58.5 Å². The van der Waals surface area contributed by atoms with Gasteiger partial charge < -0.3 is 41.8 Å². The molecule has 0 fully saturated rings. The zero-order valence-corrected chi connectivity index (χ0v) is 26.2. The Bertz CT molecular complexity index is 2120. The number of H-pyrrole nitrogens is 1. The Morgan fingerprint density at radius 3 is 2.58 bits per heavy atom. The van der Waals surface area contributed by atoms with E-state index >= 15 is 0 Å². The molecule has 0 bridgehead atoms. The van der Waals surface area contributed by atoms with Crippen molar-refractivity contribution in [3.63, 3.8) is 0 Å². The fraction of sp³-hybridized carbons (Fsp3) is 0.219. The van der Waals surface area contributed by atoms with Crippen LogP contribution in [0.5, 0.6) is 5.75 Å². The van der Waals surface area contributed by atoms with E-state index in [-0.39, 0.29) is 59.4 Å². The van der Waals surface area contributed by atoms with Gasteiger partial charge >= 0.3 is 5.97 Å². The first kappa shape index (κ1) is 33.6. The molecule has 0 atom stereocenters. The molecule has 0 unspecified atom stereocenters. The summed E-state index contributed by atoms with van der Waals surface area (Å²) in [5, 5.41) is 14.6. The topological polar surface area (TPSA) is 236 Å². The van der Waals surface area contributed by atoms with Gasteiger partial charge in [-0.15, -0.1) is 12.4 Å². The van der Waals surface area contributed by atoms with Crippen molar-refractivity contribution < 1.29 is 24.2 Å². The molecule has 0 saturated heterocycles. The lowest BCUT2D eigenvalue weighted by atomic mass is 10.0. The number of aromatic amines is 1. The molecule has 2 amide bonds. The molecule has 3 aromatic carbocycles. The van der Waals surface area contributed by atoms with Gasteiger partial charge in [0, 0.05) is 31.5 Å². The Hall–Kier alpha value is -5.80. The van der Waals surface area contributed by atoms with Gasteiger partial charge in [-0.2, -0.15) is 0 Å². The van der Waals surface area contributed by atoms with Gasteiger partial charge in [0.1, 0.15) is 34.5 Å². The SMILES string of the molecule is Cl.NCc1ccc2c(c1)N(c1c(N)c(=O)c1=O)CCCC2.O=C1COc2ccc(CNC(=O)c3ncnc4c(C(=O)O)c[nH]c34)cc2N1. The van der Waals surface area contributed by atoms with Gasteiger partial charge in [-0.05, 0) is 54.2 Å². The number of benzene rings is 2. The number of amides is 2. The zero-order valence-electron chi connectivity index (χ0n) is 25.4. The number of hydrogen-bond donors (Lipinski definition) is 6. The molecule has 48 heavy (non-hydrogen) atoms. The highest BCUT2D eigenvalue weighted by molar-refractivity contribution is 6.08. The molecule has 2 aliphatic rings. The number of rotatable bonds is 6. The summed E-state index contributed by atoms with van der Waals surface area (Å²) in [5.74, 6) is -1.31. The Morgan fingerprint density at radius 1 is 1.04 bits per heavy atom. The van der Waals surface area contributed by atoms with Crippen LogP contribution in [0.25, 0.3) is 11.0 Å². The van der Waals surface area contributed by atoms with Crippen molar-refractivity contribution in [3.8, 4) is 5.75 Å². The molecule has 7 rings (SSSR count). The largest absolute Gasteiger partial charge is 0.482 e. The smallest absolute Gasteiger partial charge is 0.339 e. The number of nitrogens with one attached hydrogen (secondary N) is 3. The Kier molecular flexibility index (Phi) is 9.72. The van der Waals surface area contributed by atoms with E-state index in [2.05, 4.69) is 31.7 Å². The van der Waals surface area contributed by atoms with Gasteiger partial charge in [-0.25, -0.2) is 14.8 Å². The van der Waals surface area contributed by atoms with E-state index in [4.69, 9.17) is 21.3 Å². The van der Waals surface area contributed by atoms with Crippen molar-refractivity contribution in [2.45, 2.75) is 32.4 Å². The number of ether oxygens (including phenoxy) is 1. The zero-order chi connectivity index (χ0) is 33.2. The highest BCUT2D eigenvalue weighted by Gasteiger charge is 2.27. The summed E-state index contributed by atoms with van der Waals surface area (Å²) in [7, 11) is 0. The Balaban J connectivity index is 0.000000192. The van der Waals surface area contributed by atoms with Crippen molar-refractivity contribution in [2.24, 2.45) is 5.73 Å². The summed E-state index contributed by atoms with van der Waals surface area (Å²) in [6, 6.07) is 11.2. The molecule has 15 nitrogen and oxygen atoms in total. The predicted octanol–water partition coefficient (Wildman–Crippen LogP) is 2.14. The van der Waals surface area contributed by atoms with Crippen LogP contribution in [0.1, 0.15) is 50.4 Å². The third-order valence-electron chi connectivity index (χ3n) is 7.98. The third-order valence-corrected chi connectivity index (χ3v) is 7.98. The van der Waals surface area contributed by atoms with Crippen LogP contribution in [-0.4, -0.2) is 51.0 Å². The van der Waals surface area contributed by atoms with Crippen LogP contribution in [0.2, 0.25) is 0 Å². The fourth-order valence-corrected chi connectivity index (χ4v) is 5.58. The lowest BCUT2D eigenvalue weighted by Gasteiger charge is -2.27. The van der Waals surface area contributed by atoms with Crippen molar-refractivity contribution in [2.75, 3.05) is 29.1 Å². The van der Waals surface area contributed by atoms with E-state index in [0.717, 1.165) is 42.4 Å². The summed E-state index contributed by atoms with van der Waals surface area (Å²) < 4.78 is 5.29. The monoisotopic (exact) mass is 674 g/mol. The van der Waals surface area contributed by atoms with Crippen molar-refractivity contribution >= 4 is 64.0 Å². The first-order valence-corrected chi connectivity index (χ1v) is 14.7. The molecule has 2 aromatic heterocycles. The number of anilines is 4. The highest BCUT2D eigenvalue weighted by atomic mass is 35.5. The minimum absolute atomic E-state index is 0. The van der Waals surface area contributed by atoms with Crippen molar-refractivity contribution in [3.05, 3.63) is 97.3 Å². The minimum Gasteiger partial charge on any atom is -0.482 e. The van der Waals surface area contributed by atoms with Crippen LogP contribution >= 0.6 is 12.4 Å². The Morgan fingerprint density at radius 2 is 1.83 bits per heavy atom. The molecule has 248 valence electrons. The van der Waals surface area contributed by atoms with E-state index in [1.54, 1.807) is 18.2 Å². The summed E-state index contributed by atoms with van der Waals surface area (Å²) >= 11 is 0. The van der Waals surface area contributed by atoms with E-state index in [1.807, 2.05) is 17.0 Å². The number of nitrogens with two attached hydrogens (primary N) is 2. The number of carboxylic acids is 1. The van der Waals surface area contributed by atoms with Crippen LogP contribution in [-0.2, 0) is 24.3 Å². The Labute approximate surface area is 278 Å². The minimum atomic E-state index is -1.15. The number of halogens is 1. The van der Waals surface area contributed by atoms with E-state index in [9.17, 15) is 24.0 Å². The average Bonchev–Trinajstić information content (AvgIpc) is 3.43. The number of aromatic nitrogens is 3. The molecular formula is C32H31ClN8O7. The van der Waals surface area contributed by atoms with Gasteiger partial charge in [0.2, 0.25) is 0 Å². The van der Waals surface area contributed by atoms with Crippen LogP contribution in [0.4, 0.5) is 22.7 Å². The predicted molar refractivity (Wildman–Crippen MR) is 180 cm³/mol. The number of aryl methyl sites for hydroxylation is 1. The second-order valence-corrected chi connectivity index (χ2v) is 11.0. The molecule has 8 N–H and O–H groups in total. The molecule has 2 aliphatic heterocycles. The molecule has 16 heteroatoms. The standard InChI is InChI=1S/C17H13N5O5.C15H17N3O2.ClH/c23-12-6-27-11-2-1-8(3-10(11)22-12)4-19-16(24)15-14-13(20-7-21-15)9(5-18-14)17(25)26;16-8-9-4-5-10-3-1-2-6-18(11(10)7-9)13-12(17)14(19)15(13)20;/h1-3,5,7,18H,4,6H2,(H,19,24)(H,22,23)(H,25,26);4-5,7H,1-3,6,8,16-17H2;1H.